The van der Waals surface area contributed by atoms with Crippen molar-refractivity contribution in [2.45, 2.75) is 6.18 Å². The van der Waals surface area contributed by atoms with Gasteiger partial charge >= 0.3 is 6.18 Å². The summed E-state index contributed by atoms with van der Waals surface area (Å²) in [6, 6.07) is 10.4. The maximum Gasteiger partial charge on any atom is 0.405 e. The number of alkyl halides is 3. The summed E-state index contributed by atoms with van der Waals surface area (Å²) in [5.41, 5.74) is 9.18. The van der Waals surface area contributed by atoms with Gasteiger partial charge in [0, 0.05) is 29.6 Å². The molecule has 0 bridgehead atoms. The predicted octanol–water partition coefficient (Wildman–Crippen LogP) is 3.91. The summed E-state index contributed by atoms with van der Waals surface area (Å²) >= 11 is 0. The second-order valence-corrected chi connectivity index (χ2v) is 8.17. The Balaban J connectivity index is 1.47. The smallest absolute Gasteiger partial charge is 0.405 e. The van der Waals surface area contributed by atoms with Crippen LogP contribution in [0.2, 0.25) is 0 Å². The van der Waals surface area contributed by atoms with Crippen molar-refractivity contribution < 1.29 is 27.4 Å². The van der Waals surface area contributed by atoms with Gasteiger partial charge in [-0.15, -0.1) is 0 Å². The maximum absolute atomic E-state index is 12.7. The molecule has 0 radical (unpaired) electrons. The molecule has 0 spiro atoms. The lowest BCUT2D eigenvalue weighted by atomic mass is 10.0. The molecule has 0 aliphatic heterocycles. The molecule has 1 amide bonds. The summed E-state index contributed by atoms with van der Waals surface area (Å²) < 4.78 is 50.0. The summed E-state index contributed by atoms with van der Waals surface area (Å²) in [6.07, 6.45) is -2.05. The van der Waals surface area contributed by atoms with E-state index in [1.54, 1.807) is 43.5 Å². The second kappa shape index (κ2) is 9.46. The number of amides is 1. The maximum atomic E-state index is 12.7. The van der Waals surface area contributed by atoms with Crippen molar-refractivity contribution in [2.75, 3.05) is 31.8 Å². The number of carbonyl (C=O) groups is 1. The number of carbonyl (C=O) groups excluding carboxylic acids is 1. The van der Waals surface area contributed by atoms with Crippen molar-refractivity contribution in [1.29, 1.82) is 0 Å². The Kier molecular flexibility index (Phi) is 6.14. The summed E-state index contributed by atoms with van der Waals surface area (Å²) in [4.78, 5) is 24.3. The fourth-order valence-corrected chi connectivity index (χ4v) is 4.03. The molecule has 196 valence electrons. The number of benzene rings is 2. The average molecular weight is 526 g/mol. The number of hydrogen-bond donors (Lipinski definition) is 4. The average Bonchev–Trinajstić information content (AvgIpc) is 3.47. The molecular weight excluding hydrogens is 505 g/mol. The fourth-order valence-electron chi connectivity index (χ4n) is 4.03. The molecule has 0 unspecified atom stereocenters. The molecular formula is C24H21F3N8O3. The number of halogens is 3. The molecule has 11 nitrogen and oxygen atoms in total. The number of methoxy groups -OCH3 is 2. The normalized spacial score (nSPS) is 11.6. The van der Waals surface area contributed by atoms with Crippen molar-refractivity contribution in [1.82, 2.24) is 29.9 Å². The van der Waals surface area contributed by atoms with Crippen molar-refractivity contribution in [2.24, 2.45) is 0 Å². The van der Waals surface area contributed by atoms with Crippen LogP contribution in [0.15, 0.2) is 48.9 Å². The topological polar surface area (TPSA) is 144 Å². The highest BCUT2D eigenvalue weighted by atomic mass is 19.4. The molecule has 5 N–H and O–H groups in total. The van der Waals surface area contributed by atoms with E-state index in [9.17, 15) is 18.0 Å². The largest absolute Gasteiger partial charge is 0.493 e. The van der Waals surface area contributed by atoms with Crippen molar-refractivity contribution in [3.8, 4) is 22.6 Å². The van der Waals surface area contributed by atoms with E-state index in [1.807, 2.05) is 5.32 Å². The SMILES string of the molecule is COc1cc2nc(Nc3ccc(-c4c(C(=O)NCC(F)(F)F)cn5ncnc(N)c45)cc3)[nH]c2cc1OC. The Hall–Kier alpha value is -5.01. The Labute approximate surface area is 212 Å². The van der Waals surface area contributed by atoms with Crippen LogP contribution in [-0.4, -0.2) is 57.4 Å². The van der Waals surface area contributed by atoms with Crippen LogP contribution in [-0.2, 0) is 0 Å². The molecule has 3 heterocycles. The van der Waals surface area contributed by atoms with E-state index in [2.05, 4.69) is 25.4 Å². The number of nitrogens with two attached hydrogens (primary N) is 1. The molecule has 38 heavy (non-hydrogen) atoms. The third-order valence-electron chi connectivity index (χ3n) is 5.72. The van der Waals surface area contributed by atoms with Gasteiger partial charge in [0.1, 0.15) is 18.4 Å². The van der Waals surface area contributed by atoms with E-state index in [0.29, 0.717) is 45.3 Å². The number of H-pyrrole nitrogens is 1. The standard InChI is InChI=1S/C24H21F3N8O3/c1-37-17-7-15-16(8-18(17)38-2)34-23(33-15)32-13-5-3-12(4-6-13)19-14(22(36)29-10-24(25,26)27)9-35-20(19)21(28)30-11-31-35/h3-9,11H,10H2,1-2H3,(H,29,36)(H2,28,30,31)(H2,32,33,34). The van der Waals surface area contributed by atoms with E-state index in [-0.39, 0.29) is 11.4 Å². The summed E-state index contributed by atoms with van der Waals surface area (Å²) in [5, 5.41) is 9.09. The van der Waals surface area contributed by atoms with Crippen molar-refractivity contribution in [3.05, 3.63) is 54.5 Å². The Morgan fingerprint density at radius 3 is 2.53 bits per heavy atom. The number of fused-ring (bicyclic) bond motifs is 2. The first kappa shape index (κ1) is 24.7. The van der Waals surface area contributed by atoms with E-state index in [0.717, 1.165) is 5.52 Å². The lowest BCUT2D eigenvalue weighted by Crippen LogP contribution is -2.33. The number of anilines is 3. The van der Waals surface area contributed by atoms with Gasteiger partial charge in [-0.2, -0.15) is 18.3 Å². The zero-order chi connectivity index (χ0) is 27.0. The minimum Gasteiger partial charge on any atom is -0.493 e. The quantitative estimate of drug-likeness (QED) is 0.250. The van der Waals surface area contributed by atoms with Crippen LogP contribution < -0.4 is 25.8 Å². The van der Waals surface area contributed by atoms with Crippen molar-refractivity contribution in [3.63, 3.8) is 0 Å². The third-order valence-corrected chi connectivity index (χ3v) is 5.72. The number of rotatable bonds is 7. The Morgan fingerprint density at radius 2 is 1.84 bits per heavy atom. The van der Waals surface area contributed by atoms with Gasteiger partial charge in [0.15, 0.2) is 17.3 Å². The molecule has 0 saturated carbocycles. The number of aromatic nitrogens is 5. The van der Waals surface area contributed by atoms with E-state index >= 15 is 0 Å². The van der Waals surface area contributed by atoms with Gasteiger partial charge in [-0.05, 0) is 17.7 Å². The van der Waals surface area contributed by atoms with Crippen molar-refractivity contribution >= 4 is 39.9 Å². The number of aromatic amines is 1. The van der Waals surface area contributed by atoms with Crippen LogP contribution in [0.25, 0.3) is 27.7 Å². The number of nitrogen functional groups attached to an aromatic ring is 1. The van der Waals surface area contributed by atoms with Gasteiger partial charge in [0.05, 0.1) is 30.8 Å². The van der Waals surface area contributed by atoms with Gasteiger partial charge in [-0.1, -0.05) is 12.1 Å². The van der Waals surface area contributed by atoms with Crippen LogP contribution in [0, 0.1) is 0 Å². The van der Waals surface area contributed by atoms with E-state index < -0.39 is 18.6 Å². The lowest BCUT2D eigenvalue weighted by Gasteiger charge is -2.10. The van der Waals surface area contributed by atoms with Gasteiger partial charge < -0.3 is 30.8 Å². The number of imidazole rings is 1. The molecule has 14 heteroatoms. The minimum atomic E-state index is -4.56. The van der Waals surface area contributed by atoms with Gasteiger partial charge in [0.25, 0.3) is 5.91 Å². The van der Waals surface area contributed by atoms with Crippen LogP contribution >= 0.6 is 0 Å². The highest BCUT2D eigenvalue weighted by Crippen LogP contribution is 2.34. The summed E-state index contributed by atoms with van der Waals surface area (Å²) in [6.45, 7) is -1.48. The third kappa shape index (κ3) is 4.70. The number of nitrogens with zero attached hydrogens (tertiary/aromatic N) is 4. The van der Waals surface area contributed by atoms with Crippen LogP contribution in [0.4, 0.5) is 30.6 Å². The first-order valence-electron chi connectivity index (χ1n) is 11.1. The van der Waals surface area contributed by atoms with Gasteiger partial charge in [-0.25, -0.2) is 14.5 Å². The Morgan fingerprint density at radius 1 is 1.13 bits per heavy atom. The monoisotopic (exact) mass is 526 g/mol. The van der Waals surface area contributed by atoms with Gasteiger partial charge in [-0.3, -0.25) is 4.79 Å². The molecule has 0 aliphatic carbocycles. The van der Waals surface area contributed by atoms with E-state index in [4.69, 9.17) is 15.2 Å². The fraction of sp³-hybridized carbons (Fsp3) is 0.167. The highest BCUT2D eigenvalue weighted by molar-refractivity contribution is 6.07. The first-order valence-corrected chi connectivity index (χ1v) is 11.1. The second-order valence-electron chi connectivity index (χ2n) is 8.17. The Bertz CT molecular complexity index is 1600. The van der Waals surface area contributed by atoms with Crippen LogP contribution in [0.1, 0.15) is 10.4 Å². The molecule has 0 fully saturated rings. The molecule has 0 atom stereocenters. The molecule has 0 aliphatic rings. The molecule has 3 aromatic heterocycles. The molecule has 5 aromatic rings. The molecule has 2 aromatic carbocycles. The summed E-state index contributed by atoms with van der Waals surface area (Å²) in [7, 11) is 3.08. The number of hydrogen-bond acceptors (Lipinski definition) is 8. The molecule has 0 saturated heterocycles. The van der Waals surface area contributed by atoms with Crippen LogP contribution in [0.3, 0.4) is 0 Å². The zero-order valence-corrected chi connectivity index (χ0v) is 20.1. The predicted molar refractivity (Wildman–Crippen MR) is 134 cm³/mol. The highest BCUT2D eigenvalue weighted by Gasteiger charge is 2.29. The number of ether oxygens (including phenoxy) is 2. The summed E-state index contributed by atoms with van der Waals surface area (Å²) in [5.74, 6) is 0.707. The zero-order valence-electron chi connectivity index (χ0n) is 20.1. The number of nitrogens with one attached hydrogen (secondary N) is 3. The minimum absolute atomic E-state index is 0.0256. The van der Waals surface area contributed by atoms with Gasteiger partial charge in [0.2, 0.25) is 5.95 Å². The van der Waals surface area contributed by atoms with E-state index in [1.165, 1.54) is 24.1 Å². The van der Waals surface area contributed by atoms with Crippen LogP contribution in [0.5, 0.6) is 11.5 Å². The first-order chi connectivity index (χ1) is 18.2. The molecule has 5 rings (SSSR count). The lowest BCUT2D eigenvalue weighted by molar-refractivity contribution is -0.123.